The lowest BCUT2D eigenvalue weighted by atomic mass is 9.81. The monoisotopic (exact) mass is 213 g/mol. The van der Waals surface area contributed by atoms with Crippen LogP contribution in [0.5, 0.6) is 0 Å². The van der Waals surface area contributed by atoms with Gasteiger partial charge in [0, 0.05) is 13.0 Å². The molecule has 0 amide bonds. The molecule has 88 valence electrons. The van der Waals surface area contributed by atoms with E-state index >= 15 is 0 Å². The Morgan fingerprint density at radius 1 is 1.33 bits per heavy atom. The van der Waals surface area contributed by atoms with Crippen molar-refractivity contribution in [3.8, 4) is 0 Å². The van der Waals surface area contributed by atoms with Gasteiger partial charge in [-0.15, -0.1) is 0 Å². The highest BCUT2D eigenvalue weighted by molar-refractivity contribution is 5.64. The second kappa shape index (κ2) is 4.62. The van der Waals surface area contributed by atoms with Gasteiger partial charge in [0.1, 0.15) is 6.29 Å². The quantitative estimate of drug-likeness (QED) is 0.668. The number of ether oxygens (including phenoxy) is 1. The van der Waals surface area contributed by atoms with Crippen molar-refractivity contribution in [3.63, 3.8) is 0 Å². The molecular weight excluding hydrogens is 190 g/mol. The molecule has 1 unspecified atom stereocenters. The lowest BCUT2D eigenvalue weighted by Gasteiger charge is -2.47. The standard InChI is InChI=1S/C12H23NO2/c1-5-13(6-2)12(10-14)7-8-15-11(3,4)9-12/h10H,5-9H2,1-4H3. The predicted molar refractivity (Wildman–Crippen MR) is 61.0 cm³/mol. The first-order valence-corrected chi connectivity index (χ1v) is 5.85. The summed E-state index contributed by atoms with van der Waals surface area (Å²) in [6.07, 6.45) is 2.75. The van der Waals surface area contributed by atoms with Crippen LogP contribution in [0.4, 0.5) is 0 Å². The van der Waals surface area contributed by atoms with E-state index in [9.17, 15) is 4.79 Å². The summed E-state index contributed by atoms with van der Waals surface area (Å²) in [6.45, 7) is 10.9. The van der Waals surface area contributed by atoms with E-state index in [2.05, 4.69) is 32.6 Å². The molecule has 3 nitrogen and oxygen atoms in total. The Balaban J connectivity index is 2.88. The van der Waals surface area contributed by atoms with Gasteiger partial charge in [-0.25, -0.2) is 0 Å². The van der Waals surface area contributed by atoms with Crippen molar-refractivity contribution < 1.29 is 9.53 Å². The topological polar surface area (TPSA) is 29.5 Å². The number of nitrogens with zero attached hydrogens (tertiary/aromatic N) is 1. The zero-order valence-corrected chi connectivity index (χ0v) is 10.4. The van der Waals surface area contributed by atoms with Crippen molar-refractivity contribution in [2.75, 3.05) is 19.7 Å². The molecule has 1 rings (SSSR count). The van der Waals surface area contributed by atoms with Crippen LogP contribution in [0.1, 0.15) is 40.5 Å². The summed E-state index contributed by atoms with van der Waals surface area (Å²) >= 11 is 0. The Bertz CT molecular complexity index is 224. The summed E-state index contributed by atoms with van der Waals surface area (Å²) in [5, 5.41) is 0. The summed E-state index contributed by atoms with van der Waals surface area (Å²) in [4.78, 5) is 13.7. The van der Waals surface area contributed by atoms with Gasteiger partial charge in [0.25, 0.3) is 0 Å². The van der Waals surface area contributed by atoms with E-state index < -0.39 is 0 Å². The first kappa shape index (κ1) is 12.7. The Kier molecular flexibility index (Phi) is 3.90. The van der Waals surface area contributed by atoms with Crippen LogP contribution in [0.25, 0.3) is 0 Å². The molecule has 0 radical (unpaired) electrons. The second-order valence-electron chi connectivity index (χ2n) is 4.93. The molecule has 1 aliphatic rings. The van der Waals surface area contributed by atoms with Crippen LogP contribution in [0, 0.1) is 0 Å². The first-order chi connectivity index (χ1) is 6.99. The smallest absolute Gasteiger partial charge is 0.140 e. The molecule has 1 saturated heterocycles. The number of likely N-dealkylation sites (N-methyl/N-ethyl adjacent to an activating group) is 1. The highest BCUT2D eigenvalue weighted by Gasteiger charge is 2.43. The molecule has 0 aromatic carbocycles. The molecule has 3 heteroatoms. The van der Waals surface area contributed by atoms with Gasteiger partial charge in [-0.05, 0) is 33.4 Å². The van der Waals surface area contributed by atoms with E-state index in [-0.39, 0.29) is 11.1 Å². The zero-order valence-electron chi connectivity index (χ0n) is 10.4. The van der Waals surface area contributed by atoms with E-state index in [4.69, 9.17) is 4.74 Å². The molecule has 15 heavy (non-hydrogen) atoms. The average molecular weight is 213 g/mol. The third kappa shape index (κ3) is 2.58. The molecule has 0 spiro atoms. The maximum absolute atomic E-state index is 11.4. The summed E-state index contributed by atoms with van der Waals surface area (Å²) in [6, 6.07) is 0. The SMILES string of the molecule is CCN(CC)C1(C=O)CCOC(C)(C)C1. The highest BCUT2D eigenvalue weighted by Crippen LogP contribution is 2.34. The minimum absolute atomic E-state index is 0.179. The summed E-state index contributed by atoms with van der Waals surface area (Å²) in [5.41, 5.74) is -0.479. The van der Waals surface area contributed by atoms with Gasteiger partial charge in [0.2, 0.25) is 0 Å². The fraction of sp³-hybridized carbons (Fsp3) is 0.917. The summed E-state index contributed by atoms with van der Waals surface area (Å²) in [5.74, 6) is 0. The molecule has 1 aliphatic heterocycles. The van der Waals surface area contributed by atoms with Gasteiger partial charge in [-0.1, -0.05) is 13.8 Å². The van der Waals surface area contributed by atoms with E-state index in [1.165, 1.54) is 0 Å². The van der Waals surface area contributed by atoms with Gasteiger partial charge in [-0.3, -0.25) is 4.90 Å². The maximum atomic E-state index is 11.4. The Labute approximate surface area is 92.8 Å². The number of aldehydes is 1. The predicted octanol–water partition coefficient (Wildman–Crippen LogP) is 1.85. The third-order valence-electron chi connectivity index (χ3n) is 3.37. The summed E-state index contributed by atoms with van der Waals surface area (Å²) in [7, 11) is 0. The van der Waals surface area contributed by atoms with Crippen LogP contribution < -0.4 is 0 Å². The Morgan fingerprint density at radius 3 is 2.33 bits per heavy atom. The van der Waals surface area contributed by atoms with E-state index in [0.717, 1.165) is 32.2 Å². The van der Waals surface area contributed by atoms with Crippen molar-refractivity contribution in [3.05, 3.63) is 0 Å². The minimum atomic E-state index is -0.300. The normalized spacial score (nSPS) is 30.5. The molecule has 1 fully saturated rings. The van der Waals surface area contributed by atoms with Crippen molar-refractivity contribution in [1.82, 2.24) is 4.90 Å². The lowest BCUT2D eigenvalue weighted by Crippen LogP contribution is -2.57. The van der Waals surface area contributed by atoms with Crippen LogP contribution in [-0.2, 0) is 9.53 Å². The average Bonchev–Trinajstić information content (AvgIpc) is 2.18. The number of rotatable bonds is 4. The lowest BCUT2D eigenvalue weighted by molar-refractivity contribution is -0.142. The van der Waals surface area contributed by atoms with Crippen molar-refractivity contribution in [2.45, 2.75) is 51.7 Å². The van der Waals surface area contributed by atoms with Gasteiger partial charge in [-0.2, -0.15) is 0 Å². The van der Waals surface area contributed by atoms with Gasteiger partial charge < -0.3 is 9.53 Å². The third-order valence-corrected chi connectivity index (χ3v) is 3.37. The van der Waals surface area contributed by atoms with Crippen LogP contribution in [0.3, 0.4) is 0 Å². The fourth-order valence-electron chi connectivity index (χ4n) is 2.68. The number of hydrogen-bond acceptors (Lipinski definition) is 3. The number of carbonyl (C=O) groups excluding carboxylic acids is 1. The highest BCUT2D eigenvalue weighted by atomic mass is 16.5. The molecule has 0 aromatic heterocycles. The molecule has 0 aliphatic carbocycles. The molecule has 0 bridgehead atoms. The number of hydrogen-bond donors (Lipinski definition) is 0. The van der Waals surface area contributed by atoms with E-state index in [1.54, 1.807) is 0 Å². The van der Waals surface area contributed by atoms with Crippen LogP contribution in [-0.4, -0.2) is 42.0 Å². The molecule has 0 saturated carbocycles. The van der Waals surface area contributed by atoms with E-state index in [1.807, 2.05) is 0 Å². The van der Waals surface area contributed by atoms with Gasteiger partial charge in [0.15, 0.2) is 0 Å². The Hall–Kier alpha value is -0.410. The largest absolute Gasteiger partial charge is 0.375 e. The van der Waals surface area contributed by atoms with Crippen LogP contribution in [0.15, 0.2) is 0 Å². The fourth-order valence-corrected chi connectivity index (χ4v) is 2.68. The van der Waals surface area contributed by atoms with Gasteiger partial charge in [0.05, 0.1) is 11.1 Å². The number of carbonyl (C=O) groups is 1. The van der Waals surface area contributed by atoms with Gasteiger partial charge >= 0.3 is 0 Å². The van der Waals surface area contributed by atoms with Crippen molar-refractivity contribution in [1.29, 1.82) is 0 Å². The first-order valence-electron chi connectivity index (χ1n) is 5.85. The molecule has 1 atom stereocenters. The minimum Gasteiger partial charge on any atom is -0.375 e. The van der Waals surface area contributed by atoms with Crippen molar-refractivity contribution >= 4 is 6.29 Å². The summed E-state index contributed by atoms with van der Waals surface area (Å²) < 4.78 is 5.68. The van der Waals surface area contributed by atoms with E-state index in [0.29, 0.717) is 6.61 Å². The molecular formula is C12H23NO2. The van der Waals surface area contributed by atoms with Crippen molar-refractivity contribution in [2.24, 2.45) is 0 Å². The molecule has 0 N–H and O–H groups in total. The Morgan fingerprint density at radius 2 is 1.93 bits per heavy atom. The molecule has 0 aromatic rings. The van der Waals surface area contributed by atoms with Crippen LogP contribution in [0.2, 0.25) is 0 Å². The second-order valence-corrected chi connectivity index (χ2v) is 4.93. The van der Waals surface area contributed by atoms with Crippen LogP contribution >= 0.6 is 0 Å². The molecule has 1 heterocycles. The maximum Gasteiger partial charge on any atom is 0.140 e. The zero-order chi connectivity index (χ0) is 11.5.